The smallest absolute Gasteiger partial charge is 0.296 e. The van der Waals surface area contributed by atoms with E-state index in [2.05, 4.69) is 10.3 Å². The number of fused-ring (bicyclic) bond motifs is 2. The third-order valence-corrected chi connectivity index (χ3v) is 5.48. The van der Waals surface area contributed by atoms with Crippen LogP contribution in [0.25, 0.3) is 11.1 Å². The molecule has 0 spiro atoms. The van der Waals surface area contributed by atoms with Gasteiger partial charge in [-0.2, -0.15) is 4.98 Å². The van der Waals surface area contributed by atoms with Crippen molar-refractivity contribution in [3.63, 3.8) is 0 Å². The minimum atomic E-state index is -3.30. The van der Waals surface area contributed by atoms with Crippen LogP contribution in [-0.4, -0.2) is 19.2 Å². The number of nitrogens with zero attached hydrogens (tertiary/aromatic N) is 1. The average molecular weight is 318 g/mol. The van der Waals surface area contributed by atoms with Gasteiger partial charge in [0.2, 0.25) is 0 Å². The number of sulfone groups is 1. The van der Waals surface area contributed by atoms with Crippen LogP contribution in [0.4, 0.5) is 10.4 Å². The molecule has 0 saturated heterocycles. The Labute approximate surface area is 125 Å². The van der Waals surface area contributed by atoms with Crippen molar-refractivity contribution in [1.29, 1.82) is 0 Å². The van der Waals surface area contributed by atoms with Gasteiger partial charge < -0.3 is 9.73 Å². The average Bonchev–Trinajstić information content (AvgIpc) is 2.98. The highest BCUT2D eigenvalue weighted by molar-refractivity contribution is 7.91. The van der Waals surface area contributed by atoms with Gasteiger partial charge in [-0.1, -0.05) is 18.2 Å². The molecule has 0 amide bonds. The summed E-state index contributed by atoms with van der Waals surface area (Å²) in [5, 5.41) is 2.98. The van der Waals surface area contributed by atoms with Crippen molar-refractivity contribution < 1.29 is 17.2 Å². The van der Waals surface area contributed by atoms with Gasteiger partial charge in [0.15, 0.2) is 15.4 Å². The molecule has 0 bridgehead atoms. The van der Waals surface area contributed by atoms with E-state index in [9.17, 15) is 12.8 Å². The van der Waals surface area contributed by atoms with Crippen LogP contribution in [-0.2, 0) is 9.84 Å². The van der Waals surface area contributed by atoms with E-state index in [0.717, 1.165) is 0 Å². The normalized spacial score (nSPS) is 19.2. The summed E-state index contributed by atoms with van der Waals surface area (Å²) in [6.45, 7) is 0. The van der Waals surface area contributed by atoms with E-state index in [1.165, 1.54) is 18.2 Å². The first-order chi connectivity index (χ1) is 10.5. The number of nitrogens with one attached hydrogen (secondary N) is 1. The molecule has 4 rings (SSSR count). The Morgan fingerprint density at radius 1 is 1.23 bits per heavy atom. The zero-order chi connectivity index (χ0) is 15.3. The Balaban J connectivity index is 1.71. The quantitative estimate of drug-likeness (QED) is 0.786. The fourth-order valence-electron chi connectivity index (χ4n) is 2.68. The highest BCUT2D eigenvalue weighted by Crippen LogP contribution is 2.35. The minimum absolute atomic E-state index is 0.0561. The minimum Gasteiger partial charge on any atom is -0.424 e. The third-order valence-electron chi connectivity index (χ3n) is 3.66. The number of benzene rings is 2. The second-order valence-corrected chi connectivity index (χ2v) is 7.15. The zero-order valence-electron chi connectivity index (χ0n) is 11.3. The SMILES string of the molecule is O=S1(=O)CC(Nc2nc3cc(F)ccc3o2)c2ccccc21. The summed E-state index contributed by atoms with van der Waals surface area (Å²) in [5.41, 5.74) is 1.52. The summed E-state index contributed by atoms with van der Waals surface area (Å²) in [4.78, 5) is 4.47. The second-order valence-electron chi connectivity index (χ2n) is 5.15. The first-order valence-electron chi connectivity index (χ1n) is 6.67. The lowest BCUT2D eigenvalue weighted by Crippen LogP contribution is -2.13. The summed E-state index contributed by atoms with van der Waals surface area (Å²) >= 11 is 0. The van der Waals surface area contributed by atoms with Crippen molar-refractivity contribution in [2.75, 3.05) is 11.1 Å². The number of hydrogen-bond acceptors (Lipinski definition) is 5. The maximum Gasteiger partial charge on any atom is 0.296 e. The standard InChI is InChI=1S/C15H11FN2O3S/c16-9-5-6-13-11(7-9)17-15(21-13)18-12-8-22(19,20)14-4-2-1-3-10(12)14/h1-7,12H,8H2,(H,17,18). The summed E-state index contributed by atoms with van der Waals surface area (Å²) in [7, 11) is -3.30. The molecular weight excluding hydrogens is 307 g/mol. The van der Waals surface area contributed by atoms with E-state index in [4.69, 9.17) is 4.42 Å². The molecule has 1 N–H and O–H groups in total. The highest BCUT2D eigenvalue weighted by Gasteiger charge is 2.35. The largest absolute Gasteiger partial charge is 0.424 e. The monoisotopic (exact) mass is 318 g/mol. The topological polar surface area (TPSA) is 72.2 Å². The summed E-state index contributed by atoms with van der Waals surface area (Å²) in [6, 6.07) is 10.6. The van der Waals surface area contributed by atoms with Crippen LogP contribution >= 0.6 is 0 Å². The van der Waals surface area contributed by atoms with Crippen LogP contribution in [0, 0.1) is 5.82 Å². The fraction of sp³-hybridized carbons (Fsp3) is 0.133. The summed E-state index contributed by atoms with van der Waals surface area (Å²) < 4.78 is 42.9. The number of aromatic nitrogens is 1. The van der Waals surface area contributed by atoms with Gasteiger partial charge in [0.1, 0.15) is 11.3 Å². The molecule has 1 unspecified atom stereocenters. The van der Waals surface area contributed by atoms with Gasteiger partial charge in [-0.15, -0.1) is 0 Å². The predicted molar refractivity (Wildman–Crippen MR) is 78.8 cm³/mol. The number of anilines is 1. The summed E-state index contributed by atoms with van der Waals surface area (Å²) in [5.74, 6) is -0.458. The third kappa shape index (κ3) is 2.05. The van der Waals surface area contributed by atoms with Gasteiger partial charge in [-0.3, -0.25) is 0 Å². The van der Waals surface area contributed by atoms with Gasteiger partial charge in [0.25, 0.3) is 6.01 Å². The van der Waals surface area contributed by atoms with Crippen LogP contribution in [0.2, 0.25) is 0 Å². The van der Waals surface area contributed by atoms with Gasteiger partial charge in [-0.25, -0.2) is 12.8 Å². The Hall–Kier alpha value is -2.41. The van der Waals surface area contributed by atoms with Gasteiger partial charge in [-0.05, 0) is 23.8 Å². The highest BCUT2D eigenvalue weighted by atomic mass is 32.2. The van der Waals surface area contributed by atoms with E-state index in [1.54, 1.807) is 24.3 Å². The Morgan fingerprint density at radius 3 is 2.91 bits per heavy atom. The molecule has 1 aromatic heterocycles. The van der Waals surface area contributed by atoms with Crippen molar-refractivity contribution in [1.82, 2.24) is 4.98 Å². The van der Waals surface area contributed by atoms with Crippen LogP contribution in [0.1, 0.15) is 11.6 Å². The van der Waals surface area contributed by atoms with Crippen LogP contribution in [0.5, 0.6) is 0 Å². The Kier molecular flexibility index (Phi) is 2.74. The van der Waals surface area contributed by atoms with E-state index >= 15 is 0 Å². The van der Waals surface area contributed by atoms with Crippen LogP contribution in [0.15, 0.2) is 51.8 Å². The molecule has 1 atom stereocenters. The molecule has 7 heteroatoms. The lowest BCUT2D eigenvalue weighted by atomic mass is 10.1. The van der Waals surface area contributed by atoms with Crippen molar-refractivity contribution in [3.05, 3.63) is 53.8 Å². The molecule has 112 valence electrons. The maximum absolute atomic E-state index is 13.2. The molecule has 1 aliphatic heterocycles. The van der Waals surface area contributed by atoms with Crippen molar-refractivity contribution in [3.8, 4) is 0 Å². The van der Waals surface area contributed by atoms with Gasteiger partial charge in [0.05, 0.1) is 16.7 Å². The van der Waals surface area contributed by atoms with Crippen LogP contribution in [0.3, 0.4) is 0 Å². The molecule has 3 aromatic rings. The van der Waals surface area contributed by atoms with Crippen molar-refractivity contribution >= 4 is 27.0 Å². The van der Waals surface area contributed by atoms with Crippen molar-refractivity contribution in [2.45, 2.75) is 10.9 Å². The summed E-state index contributed by atoms with van der Waals surface area (Å²) in [6.07, 6.45) is 0. The van der Waals surface area contributed by atoms with Gasteiger partial charge in [0, 0.05) is 6.07 Å². The van der Waals surface area contributed by atoms with Crippen molar-refractivity contribution in [2.24, 2.45) is 0 Å². The Bertz CT molecular complexity index is 981. The molecule has 0 aliphatic carbocycles. The number of oxazole rings is 1. The number of hydrogen-bond donors (Lipinski definition) is 1. The molecule has 0 fully saturated rings. The predicted octanol–water partition coefficient (Wildman–Crippen LogP) is 2.91. The molecule has 0 saturated carbocycles. The van der Waals surface area contributed by atoms with E-state index in [0.29, 0.717) is 21.6 Å². The van der Waals surface area contributed by atoms with E-state index in [-0.39, 0.29) is 11.8 Å². The maximum atomic E-state index is 13.2. The second kappa shape index (κ2) is 4.54. The Morgan fingerprint density at radius 2 is 2.05 bits per heavy atom. The first kappa shape index (κ1) is 13.3. The molecule has 22 heavy (non-hydrogen) atoms. The number of halogens is 1. The lowest BCUT2D eigenvalue weighted by molar-refractivity contribution is 0.593. The van der Waals surface area contributed by atoms with E-state index in [1.807, 2.05) is 0 Å². The molecule has 2 aromatic carbocycles. The van der Waals surface area contributed by atoms with Crippen LogP contribution < -0.4 is 5.32 Å². The lowest BCUT2D eigenvalue weighted by Gasteiger charge is -2.09. The molecule has 5 nitrogen and oxygen atoms in total. The zero-order valence-corrected chi connectivity index (χ0v) is 12.1. The molecule has 1 aliphatic rings. The fourth-order valence-corrected chi connectivity index (χ4v) is 4.42. The van der Waals surface area contributed by atoms with Gasteiger partial charge >= 0.3 is 0 Å². The molecule has 0 radical (unpaired) electrons. The molecule has 2 heterocycles. The first-order valence-corrected chi connectivity index (χ1v) is 8.32. The number of rotatable bonds is 2. The van der Waals surface area contributed by atoms with E-state index < -0.39 is 21.7 Å². The molecular formula is C15H11FN2O3S.